The van der Waals surface area contributed by atoms with Crippen LogP contribution >= 0.6 is 0 Å². The van der Waals surface area contributed by atoms with Crippen molar-refractivity contribution in [3.05, 3.63) is 30.0 Å². The number of nitrogens with one attached hydrogen (secondary N) is 2. The van der Waals surface area contributed by atoms with E-state index < -0.39 is 10.0 Å². The number of nitrogens with zero attached hydrogens (tertiary/aromatic N) is 3. The minimum Gasteiger partial charge on any atom is -0.392 e. The molecule has 0 aliphatic rings. The summed E-state index contributed by atoms with van der Waals surface area (Å²) in [7, 11) is -1.85. The van der Waals surface area contributed by atoms with Crippen LogP contribution in [-0.2, 0) is 30.1 Å². The molecule has 19 heavy (non-hydrogen) atoms. The Morgan fingerprint density at radius 2 is 2.32 bits per heavy atom. The van der Waals surface area contributed by atoms with Gasteiger partial charge in [-0.15, -0.1) is 0 Å². The maximum Gasteiger partial charge on any atom is 0.257 e. The molecule has 2 rings (SSSR count). The highest BCUT2D eigenvalue weighted by molar-refractivity contribution is 7.89. The van der Waals surface area contributed by atoms with Crippen molar-refractivity contribution in [2.24, 2.45) is 7.05 Å². The summed E-state index contributed by atoms with van der Waals surface area (Å²) in [6, 6.07) is 0. The summed E-state index contributed by atoms with van der Waals surface area (Å²) >= 11 is 0. The molecule has 0 aromatic carbocycles. The predicted octanol–water partition coefficient (Wildman–Crippen LogP) is -0.843. The smallest absolute Gasteiger partial charge is 0.257 e. The van der Waals surface area contributed by atoms with Gasteiger partial charge in [-0.25, -0.2) is 18.1 Å². The molecule has 0 spiro atoms. The van der Waals surface area contributed by atoms with Crippen molar-refractivity contribution in [3.8, 4) is 0 Å². The first-order valence-electron chi connectivity index (χ1n) is 5.63. The Balaban J connectivity index is 2.01. The lowest BCUT2D eigenvalue weighted by atomic mass is 10.4. The molecule has 8 nitrogen and oxygen atoms in total. The van der Waals surface area contributed by atoms with E-state index in [1.807, 2.05) is 11.6 Å². The fourth-order valence-corrected chi connectivity index (χ4v) is 2.80. The minimum atomic E-state index is -3.69. The summed E-state index contributed by atoms with van der Waals surface area (Å²) in [6.45, 7) is -0.164. The number of aryl methyl sites for hydroxylation is 1. The van der Waals surface area contributed by atoms with E-state index in [0.717, 1.165) is 5.82 Å². The number of hydrogen-bond acceptors (Lipinski definition) is 5. The van der Waals surface area contributed by atoms with Crippen LogP contribution in [0.15, 0.2) is 23.6 Å². The van der Waals surface area contributed by atoms with Crippen LogP contribution in [0.3, 0.4) is 0 Å². The van der Waals surface area contributed by atoms with Crippen LogP contribution in [0.4, 0.5) is 0 Å². The summed E-state index contributed by atoms with van der Waals surface area (Å²) in [5, 5.41) is 14.9. The fourth-order valence-electron chi connectivity index (χ4n) is 1.65. The molecule has 0 aliphatic heterocycles. The Kier molecular flexibility index (Phi) is 3.98. The standard InChI is InChI=1S/C10H15N5O3S/c1-15-5-4-11-9(15)2-3-13-19(17,18)10-8(7-16)6-12-14-10/h4-6,13,16H,2-3,7H2,1H3,(H,12,14). The van der Waals surface area contributed by atoms with Crippen molar-refractivity contribution in [1.29, 1.82) is 0 Å². The van der Waals surface area contributed by atoms with E-state index in [4.69, 9.17) is 5.11 Å². The number of aromatic nitrogens is 4. The van der Waals surface area contributed by atoms with Gasteiger partial charge in [-0.3, -0.25) is 5.10 Å². The van der Waals surface area contributed by atoms with E-state index in [1.165, 1.54) is 6.20 Å². The second kappa shape index (κ2) is 5.51. The number of sulfonamides is 1. The molecule has 0 saturated heterocycles. The van der Waals surface area contributed by atoms with Crippen molar-refractivity contribution in [2.75, 3.05) is 6.54 Å². The fraction of sp³-hybridized carbons (Fsp3) is 0.400. The monoisotopic (exact) mass is 285 g/mol. The maximum absolute atomic E-state index is 12.0. The Morgan fingerprint density at radius 3 is 2.95 bits per heavy atom. The van der Waals surface area contributed by atoms with Gasteiger partial charge in [0.15, 0.2) is 5.03 Å². The van der Waals surface area contributed by atoms with Crippen LogP contribution in [0, 0.1) is 0 Å². The maximum atomic E-state index is 12.0. The van der Waals surface area contributed by atoms with Crippen molar-refractivity contribution in [2.45, 2.75) is 18.1 Å². The first kappa shape index (κ1) is 13.7. The lowest BCUT2D eigenvalue weighted by molar-refractivity contribution is 0.278. The minimum absolute atomic E-state index is 0.102. The summed E-state index contributed by atoms with van der Waals surface area (Å²) in [5.74, 6) is 0.787. The van der Waals surface area contributed by atoms with Gasteiger partial charge in [-0.1, -0.05) is 0 Å². The first-order chi connectivity index (χ1) is 9.04. The van der Waals surface area contributed by atoms with Gasteiger partial charge < -0.3 is 9.67 Å². The molecule has 104 valence electrons. The second-order valence-corrected chi connectivity index (χ2v) is 5.69. The Morgan fingerprint density at radius 1 is 1.53 bits per heavy atom. The Labute approximate surface area is 110 Å². The number of H-pyrrole nitrogens is 1. The molecular weight excluding hydrogens is 270 g/mol. The van der Waals surface area contributed by atoms with Gasteiger partial charge in [-0.2, -0.15) is 5.10 Å². The second-order valence-electron chi connectivity index (χ2n) is 3.98. The average molecular weight is 285 g/mol. The molecule has 2 aromatic rings. The molecule has 0 fully saturated rings. The van der Waals surface area contributed by atoms with E-state index >= 15 is 0 Å². The zero-order valence-electron chi connectivity index (χ0n) is 10.4. The summed E-state index contributed by atoms with van der Waals surface area (Å²) < 4.78 is 28.2. The molecular formula is C10H15N5O3S. The number of aliphatic hydroxyl groups excluding tert-OH is 1. The van der Waals surface area contributed by atoms with Crippen LogP contribution in [0.2, 0.25) is 0 Å². The Bertz CT molecular complexity index is 646. The third-order valence-electron chi connectivity index (χ3n) is 2.68. The number of imidazole rings is 1. The molecule has 0 atom stereocenters. The van der Waals surface area contributed by atoms with Crippen LogP contribution < -0.4 is 4.72 Å². The van der Waals surface area contributed by atoms with Crippen LogP contribution in [0.1, 0.15) is 11.4 Å². The molecule has 9 heteroatoms. The van der Waals surface area contributed by atoms with Gasteiger partial charge in [0.25, 0.3) is 10.0 Å². The highest BCUT2D eigenvalue weighted by Gasteiger charge is 2.19. The quantitative estimate of drug-likeness (QED) is 0.640. The van der Waals surface area contributed by atoms with Crippen molar-refractivity contribution in [3.63, 3.8) is 0 Å². The van der Waals surface area contributed by atoms with E-state index in [0.29, 0.717) is 6.42 Å². The van der Waals surface area contributed by atoms with Crippen LogP contribution in [-0.4, -0.2) is 39.8 Å². The lowest BCUT2D eigenvalue weighted by Crippen LogP contribution is -2.27. The summed E-state index contributed by atoms with van der Waals surface area (Å²) in [4.78, 5) is 4.10. The highest BCUT2D eigenvalue weighted by Crippen LogP contribution is 2.11. The molecule has 0 unspecified atom stereocenters. The molecule has 2 aromatic heterocycles. The molecule has 0 saturated carbocycles. The molecule has 3 N–H and O–H groups in total. The zero-order valence-corrected chi connectivity index (χ0v) is 11.2. The zero-order chi connectivity index (χ0) is 13.9. The third-order valence-corrected chi connectivity index (χ3v) is 4.15. The normalized spacial score (nSPS) is 11.9. The van der Waals surface area contributed by atoms with Crippen molar-refractivity contribution in [1.82, 2.24) is 24.5 Å². The van der Waals surface area contributed by atoms with Crippen LogP contribution in [0.25, 0.3) is 0 Å². The number of aromatic amines is 1. The largest absolute Gasteiger partial charge is 0.392 e. The van der Waals surface area contributed by atoms with Crippen molar-refractivity contribution < 1.29 is 13.5 Å². The summed E-state index contributed by atoms with van der Waals surface area (Å²) in [5.41, 5.74) is 0.240. The number of aliphatic hydroxyl groups is 1. The number of hydrogen-bond donors (Lipinski definition) is 3. The predicted molar refractivity (Wildman–Crippen MR) is 66.6 cm³/mol. The van der Waals surface area contributed by atoms with E-state index in [-0.39, 0.29) is 23.7 Å². The Hall–Kier alpha value is -1.71. The van der Waals surface area contributed by atoms with Gasteiger partial charge >= 0.3 is 0 Å². The van der Waals surface area contributed by atoms with Crippen molar-refractivity contribution >= 4 is 10.0 Å². The molecule has 0 aliphatic carbocycles. The number of rotatable bonds is 6. The molecule has 2 heterocycles. The highest BCUT2D eigenvalue weighted by atomic mass is 32.2. The van der Waals surface area contributed by atoms with Gasteiger partial charge in [0.1, 0.15) is 5.82 Å². The van der Waals surface area contributed by atoms with E-state index in [2.05, 4.69) is 19.9 Å². The van der Waals surface area contributed by atoms with Gasteiger partial charge in [0.2, 0.25) is 0 Å². The molecule has 0 amide bonds. The molecule has 0 radical (unpaired) electrons. The SMILES string of the molecule is Cn1ccnc1CCNS(=O)(=O)c1[nH]ncc1CO. The molecule has 0 bridgehead atoms. The third kappa shape index (κ3) is 3.00. The average Bonchev–Trinajstić information content (AvgIpc) is 2.98. The first-order valence-corrected chi connectivity index (χ1v) is 7.12. The van der Waals surface area contributed by atoms with Gasteiger partial charge in [-0.05, 0) is 0 Å². The topological polar surface area (TPSA) is 113 Å². The van der Waals surface area contributed by atoms with E-state index in [1.54, 1.807) is 12.4 Å². The van der Waals surface area contributed by atoms with Gasteiger partial charge in [0, 0.05) is 38.0 Å². The van der Waals surface area contributed by atoms with E-state index in [9.17, 15) is 8.42 Å². The lowest BCUT2D eigenvalue weighted by Gasteiger charge is -2.06. The van der Waals surface area contributed by atoms with Gasteiger partial charge in [0.05, 0.1) is 12.8 Å². The summed E-state index contributed by atoms with van der Waals surface area (Å²) in [6.07, 6.45) is 5.21. The van der Waals surface area contributed by atoms with Crippen LogP contribution in [0.5, 0.6) is 0 Å².